The molecule has 0 aliphatic heterocycles. The summed E-state index contributed by atoms with van der Waals surface area (Å²) in [5.74, 6) is 0.415. The third-order valence-corrected chi connectivity index (χ3v) is 4.96. The molecule has 0 radical (unpaired) electrons. The second kappa shape index (κ2) is 8.79. The van der Waals surface area contributed by atoms with E-state index in [1.807, 2.05) is 67.6 Å². The summed E-state index contributed by atoms with van der Waals surface area (Å²) in [6.45, 7) is 2.36. The molecular formula is C22H21N5O2S. The predicted molar refractivity (Wildman–Crippen MR) is 120 cm³/mol. The first-order valence-corrected chi connectivity index (χ1v) is 9.87. The van der Waals surface area contributed by atoms with E-state index in [1.165, 1.54) is 0 Å². The Labute approximate surface area is 178 Å². The molecule has 0 unspecified atom stereocenters. The van der Waals surface area contributed by atoms with Gasteiger partial charge in [0, 0.05) is 11.3 Å². The number of nitrogens with one attached hydrogen (secondary N) is 3. The Kier molecular flexibility index (Phi) is 5.76. The molecule has 3 aromatic carbocycles. The standard InChI is InChI=1S/C22H21N5O2S/c1-15-6-9-17(10-7-15)25-21(28)13-29-20-11-8-16-4-2-3-5-18(16)19(20)12-24-27-14-23-26-22(27)30/h2-11,14,24H,12-13H2,1H3,(H,25,28)(H,26,30). The van der Waals surface area contributed by atoms with Crippen molar-refractivity contribution >= 4 is 34.6 Å². The van der Waals surface area contributed by atoms with E-state index in [-0.39, 0.29) is 12.5 Å². The third-order valence-electron chi connectivity index (χ3n) is 4.67. The van der Waals surface area contributed by atoms with Gasteiger partial charge in [0.2, 0.25) is 4.77 Å². The minimum absolute atomic E-state index is 0.0929. The summed E-state index contributed by atoms with van der Waals surface area (Å²) in [6.07, 6.45) is 1.57. The van der Waals surface area contributed by atoms with E-state index < -0.39 is 0 Å². The number of nitrogens with zero attached hydrogens (tertiary/aromatic N) is 2. The minimum atomic E-state index is -0.219. The highest BCUT2D eigenvalue weighted by atomic mass is 32.1. The number of aryl methyl sites for hydroxylation is 1. The Hall–Kier alpha value is -3.65. The number of benzene rings is 3. The molecule has 0 saturated carbocycles. The molecule has 3 N–H and O–H groups in total. The fraction of sp³-hybridized carbons (Fsp3) is 0.136. The molecule has 30 heavy (non-hydrogen) atoms. The van der Waals surface area contributed by atoms with E-state index in [0.29, 0.717) is 17.1 Å². The van der Waals surface area contributed by atoms with Crippen LogP contribution in [0.3, 0.4) is 0 Å². The van der Waals surface area contributed by atoms with Gasteiger partial charge in [0.15, 0.2) is 6.61 Å². The molecule has 1 aromatic heterocycles. The zero-order chi connectivity index (χ0) is 20.9. The lowest BCUT2D eigenvalue weighted by Crippen LogP contribution is -2.21. The minimum Gasteiger partial charge on any atom is -0.483 e. The van der Waals surface area contributed by atoms with Gasteiger partial charge < -0.3 is 15.5 Å². The van der Waals surface area contributed by atoms with E-state index in [0.717, 1.165) is 27.6 Å². The largest absolute Gasteiger partial charge is 0.483 e. The van der Waals surface area contributed by atoms with Crippen molar-refractivity contribution in [1.29, 1.82) is 0 Å². The van der Waals surface area contributed by atoms with E-state index in [9.17, 15) is 4.79 Å². The Morgan fingerprint density at radius 2 is 1.93 bits per heavy atom. The molecule has 0 spiro atoms. The number of hydrogen-bond acceptors (Lipinski definition) is 5. The Bertz CT molecular complexity index is 1230. The molecule has 0 saturated heterocycles. The highest BCUT2D eigenvalue weighted by Crippen LogP contribution is 2.28. The van der Waals surface area contributed by atoms with Gasteiger partial charge in [-0.2, -0.15) is 5.10 Å². The molecule has 0 atom stereocenters. The maximum Gasteiger partial charge on any atom is 0.262 e. The van der Waals surface area contributed by atoms with Crippen molar-refractivity contribution in [2.24, 2.45) is 0 Å². The SMILES string of the molecule is Cc1ccc(NC(=O)COc2ccc3ccccc3c2CNn2cn[nH]c2=S)cc1. The first-order chi connectivity index (χ1) is 14.6. The summed E-state index contributed by atoms with van der Waals surface area (Å²) in [7, 11) is 0. The van der Waals surface area contributed by atoms with Gasteiger partial charge >= 0.3 is 0 Å². The van der Waals surface area contributed by atoms with Gasteiger partial charge in [-0.1, -0.05) is 48.0 Å². The quantitative estimate of drug-likeness (QED) is 0.392. The molecule has 1 heterocycles. The van der Waals surface area contributed by atoms with Gasteiger partial charge in [-0.05, 0) is 48.1 Å². The molecule has 0 aliphatic rings. The second-order valence-corrected chi connectivity index (χ2v) is 7.22. The number of aromatic amines is 1. The molecule has 0 aliphatic carbocycles. The van der Waals surface area contributed by atoms with E-state index in [2.05, 4.69) is 20.9 Å². The van der Waals surface area contributed by atoms with Gasteiger partial charge in [-0.3, -0.25) is 9.89 Å². The lowest BCUT2D eigenvalue weighted by molar-refractivity contribution is -0.118. The molecular weight excluding hydrogens is 398 g/mol. The van der Waals surface area contributed by atoms with E-state index >= 15 is 0 Å². The van der Waals surface area contributed by atoms with Gasteiger partial charge in [0.1, 0.15) is 12.1 Å². The van der Waals surface area contributed by atoms with Crippen LogP contribution >= 0.6 is 12.2 Å². The van der Waals surface area contributed by atoms with Crippen molar-refractivity contribution in [3.63, 3.8) is 0 Å². The monoisotopic (exact) mass is 419 g/mol. The van der Waals surface area contributed by atoms with Crippen LogP contribution in [-0.4, -0.2) is 27.4 Å². The summed E-state index contributed by atoms with van der Waals surface area (Å²) in [4.78, 5) is 12.4. The predicted octanol–water partition coefficient (Wildman–Crippen LogP) is 4.16. The average molecular weight is 420 g/mol. The molecule has 7 nitrogen and oxygen atoms in total. The number of H-pyrrole nitrogens is 1. The number of carbonyl (C=O) groups is 1. The van der Waals surface area contributed by atoms with Crippen LogP contribution < -0.4 is 15.5 Å². The zero-order valence-corrected chi connectivity index (χ0v) is 17.2. The number of hydrogen-bond donors (Lipinski definition) is 3. The molecule has 8 heteroatoms. The summed E-state index contributed by atoms with van der Waals surface area (Å²) >= 11 is 5.18. The van der Waals surface area contributed by atoms with Crippen LogP contribution in [0.4, 0.5) is 5.69 Å². The van der Waals surface area contributed by atoms with Crippen molar-refractivity contribution in [2.45, 2.75) is 13.5 Å². The summed E-state index contributed by atoms with van der Waals surface area (Å²) in [6, 6.07) is 19.5. The van der Waals surface area contributed by atoms with Crippen molar-refractivity contribution in [3.05, 3.63) is 82.9 Å². The fourth-order valence-corrected chi connectivity index (χ4v) is 3.30. The number of anilines is 1. The van der Waals surface area contributed by atoms with Gasteiger partial charge in [-0.25, -0.2) is 4.68 Å². The number of rotatable bonds is 7. The van der Waals surface area contributed by atoms with Crippen molar-refractivity contribution < 1.29 is 9.53 Å². The Morgan fingerprint density at radius 3 is 2.70 bits per heavy atom. The summed E-state index contributed by atoms with van der Waals surface area (Å²) < 4.78 is 7.99. The van der Waals surface area contributed by atoms with E-state index in [4.69, 9.17) is 17.0 Å². The molecule has 152 valence electrons. The van der Waals surface area contributed by atoms with Crippen molar-refractivity contribution in [3.8, 4) is 5.75 Å². The van der Waals surface area contributed by atoms with Crippen LogP contribution in [0.1, 0.15) is 11.1 Å². The smallest absolute Gasteiger partial charge is 0.262 e. The van der Waals surface area contributed by atoms with Gasteiger partial charge in [-0.15, -0.1) is 0 Å². The number of aromatic nitrogens is 3. The molecule has 1 amide bonds. The number of ether oxygens (including phenoxy) is 1. The van der Waals surface area contributed by atoms with Crippen LogP contribution in [0.15, 0.2) is 67.0 Å². The van der Waals surface area contributed by atoms with E-state index in [1.54, 1.807) is 11.0 Å². The van der Waals surface area contributed by atoms with Crippen LogP contribution in [0.25, 0.3) is 10.8 Å². The molecule has 0 bridgehead atoms. The lowest BCUT2D eigenvalue weighted by Gasteiger charge is -2.15. The summed E-state index contributed by atoms with van der Waals surface area (Å²) in [5.41, 5.74) is 6.02. The average Bonchev–Trinajstić information content (AvgIpc) is 3.17. The number of carbonyl (C=O) groups excluding carboxylic acids is 1. The molecule has 4 aromatic rings. The lowest BCUT2D eigenvalue weighted by atomic mass is 10.0. The maximum atomic E-state index is 12.4. The molecule has 4 rings (SSSR count). The topological polar surface area (TPSA) is 84.0 Å². The fourth-order valence-electron chi connectivity index (χ4n) is 3.14. The highest BCUT2D eigenvalue weighted by molar-refractivity contribution is 7.71. The second-order valence-electron chi connectivity index (χ2n) is 6.83. The van der Waals surface area contributed by atoms with Crippen LogP contribution in [0.2, 0.25) is 0 Å². The number of amides is 1. The van der Waals surface area contributed by atoms with Crippen molar-refractivity contribution in [2.75, 3.05) is 17.3 Å². The van der Waals surface area contributed by atoms with Crippen LogP contribution in [0, 0.1) is 11.7 Å². The normalized spacial score (nSPS) is 10.7. The number of fused-ring (bicyclic) bond motifs is 1. The van der Waals surface area contributed by atoms with Gasteiger partial charge in [0.05, 0.1) is 6.54 Å². The van der Waals surface area contributed by atoms with Crippen LogP contribution in [0.5, 0.6) is 5.75 Å². The van der Waals surface area contributed by atoms with Crippen LogP contribution in [-0.2, 0) is 11.3 Å². The Morgan fingerprint density at radius 1 is 1.13 bits per heavy atom. The summed E-state index contributed by atoms with van der Waals surface area (Å²) in [5, 5.41) is 11.6. The third kappa shape index (κ3) is 4.49. The molecule has 0 fully saturated rings. The van der Waals surface area contributed by atoms with Crippen molar-refractivity contribution in [1.82, 2.24) is 14.9 Å². The highest BCUT2D eigenvalue weighted by Gasteiger charge is 2.11. The first kappa shape index (κ1) is 19.7. The first-order valence-electron chi connectivity index (χ1n) is 9.46. The zero-order valence-electron chi connectivity index (χ0n) is 16.4. The van der Waals surface area contributed by atoms with Gasteiger partial charge in [0.25, 0.3) is 5.91 Å². The Balaban J connectivity index is 1.52. The maximum absolute atomic E-state index is 12.4.